The molecular weight excluding hydrogens is 390 g/mol. The number of aromatic nitrogens is 4. The van der Waals surface area contributed by atoms with E-state index in [1.165, 1.54) is 16.3 Å². The lowest BCUT2D eigenvalue weighted by atomic mass is 10.2. The minimum absolute atomic E-state index is 0.142. The summed E-state index contributed by atoms with van der Waals surface area (Å²) >= 11 is 1.27. The number of ether oxygens (including phenoxy) is 1. The van der Waals surface area contributed by atoms with E-state index in [0.717, 1.165) is 0 Å². The molecule has 152 valence electrons. The van der Waals surface area contributed by atoms with Gasteiger partial charge in [0, 0.05) is 19.8 Å². The summed E-state index contributed by atoms with van der Waals surface area (Å²) in [6.07, 6.45) is 1.69. The van der Waals surface area contributed by atoms with E-state index in [1.807, 2.05) is 36.6 Å². The summed E-state index contributed by atoms with van der Waals surface area (Å²) in [5.41, 5.74) is 0.966. The third-order valence-electron chi connectivity index (χ3n) is 4.19. The molecule has 1 amide bonds. The van der Waals surface area contributed by atoms with Crippen molar-refractivity contribution in [2.75, 3.05) is 17.7 Å². The standard InChI is InChI=1S/C20H23N5O3S/c1-4-25-18(14-9-8-12-24(3)19(14)27)22-23-20(25)29-13-17(26)21-15-10-6-7-11-16(15)28-5-2/h6-12H,4-5,13H2,1-3H3,(H,21,26). The van der Waals surface area contributed by atoms with Gasteiger partial charge in [-0.1, -0.05) is 23.9 Å². The predicted octanol–water partition coefficient (Wildman–Crippen LogP) is 2.79. The van der Waals surface area contributed by atoms with Crippen molar-refractivity contribution in [3.8, 4) is 17.1 Å². The second-order valence-electron chi connectivity index (χ2n) is 6.15. The number of hydrogen-bond donors (Lipinski definition) is 1. The van der Waals surface area contributed by atoms with E-state index < -0.39 is 0 Å². The van der Waals surface area contributed by atoms with Crippen LogP contribution in [0.5, 0.6) is 5.75 Å². The second-order valence-corrected chi connectivity index (χ2v) is 7.10. The van der Waals surface area contributed by atoms with E-state index in [2.05, 4.69) is 15.5 Å². The van der Waals surface area contributed by atoms with Crippen LogP contribution in [0, 0.1) is 0 Å². The molecule has 0 spiro atoms. The van der Waals surface area contributed by atoms with Gasteiger partial charge in [0.25, 0.3) is 5.56 Å². The summed E-state index contributed by atoms with van der Waals surface area (Å²) in [6.45, 7) is 4.94. The predicted molar refractivity (Wildman–Crippen MR) is 113 cm³/mol. The van der Waals surface area contributed by atoms with Crippen LogP contribution in [0.4, 0.5) is 5.69 Å². The maximum Gasteiger partial charge on any atom is 0.261 e. The van der Waals surface area contributed by atoms with Gasteiger partial charge in [0.2, 0.25) is 5.91 Å². The van der Waals surface area contributed by atoms with Crippen LogP contribution >= 0.6 is 11.8 Å². The Kier molecular flexibility index (Phi) is 6.71. The van der Waals surface area contributed by atoms with Crippen LogP contribution in [-0.2, 0) is 18.4 Å². The minimum Gasteiger partial charge on any atom is -0.492 e. The van der Waals surface area contributed by atoms with Gasteiger partial charge in [-0.2, -0.15) is 0 Å². The molecule has 0 aliphatic heterocycles. The Morgan fingerprint density at radius 2 is 1.97 bits per heavy atom. The van der Waals surface area contributed by atoms with Gasteiger partial charge in [-0.05, 0) is 38.1 Å². The zero-order valence-electron chi connectivity index (χ0n) is 16.6. The molecule has 0 saturated carbocycles. The third-order valence-corrected chi connectivity index (χ3v) is 5.16. The molecule has 0 atom stereocenters. The van der Waals surface area contributed by atoms with Crippen LogP contribution in [0.3, 0.4) is 0 Å². The van der Waals surface area contributed by atoms with Gasteiger partial charge in [-0.25, -0.2) is 0 Å². The molecule has 0 bridgehead atoms. The molecule has 1 aromatic carbocycles. The first-order valence-electron chi connectivity index (χ1n) is 9.28. The largest absolute Gasteiger partial charge is 0.492 e. The van der Waals surface area contributed by atoms with Crippen LogP contribution in [0.15, 0.2) is 52.5 Å². The number of carbonyl (C=O) groups is 1. The molecule has 3 rings (SSSR count). The van der Waals surface area contributed by atoms with Crippen LogP contribution in [-0.4, -0.2) is 37.6 Å². The number of hydrogen-bond acceptors (Lipinski definition) is 6. The number of aryl methyl sites for hydroxylation is 1. The number of pyridine rings is 1. The van der Waals surface area contributed by atoms with E-state index in [9.17, 15) is 9.59 Å². The molecule has 0 aliphatic rings. The van der Waals surface area contributed by atoms with Crippen molar-refractivity contribution in [2.24, 2.45) is 7.05 Å². The Morgan fingerprint density at radius 1 is 1.17 bits per heavy atom. The number of benzene rings is 1. The fourth-order valence-electron chi connectivity index (χ4n) is 2.81. The first-order valence-corrected chi connectivity index (χ1v) is 10.3. The number of para-hydroxylation sites is 2. The van der Waals surface area contributed by atoms with Crippen molar-refractivity contribution in [3.05, 3.63) is 52.9 Å². The van der Waals surface area contributed by atoms with Crippen molar-refractivity contribution >= 4 is 23.4 Å². The number of carbonyl (C=O) groups excluding carboxylic acids is 1. The summed E-state index contributed by atoms with van der Waals surface area (Å²) in [6, 6.07) is 10.8. The summed E-state index contributed by atoms with van der Waals surface area (Å²) in [7, 11) is 1.69. The molecule has 2 heterocycles. The number of nitrogens with zero attached hydrogens (tertiary/aromatic N) is 4. The summed E-state index contributed by atoms with van der Waals surface area (Å²) in [4.78, 5) is 24.8. The van der Waals surface area contributed by atoms with Gasteiger partial charge in [-0.3, -0.25) is 9.59 Å². The highest BCUT2D eigenvalue weighted by molar-refractivity contribution is 7.99. The topological polar surface area (TPSA) is 91.0 Å². The molecule has 3 aromatic rings. The maximum absolute atomic E-state index is 12.4. The summed E-state index contributed by atoms with van der Waals surface area (Å²) in [5, 5.41) is 11.8. The zero-order valence-corrected chi connectivity index (χ0v) is 17.4. The SMILES string of the molecule is CCOc1ccccc1NC(=O)CSc1nnc(-c2cccn(C)c2=O)n1CC. The van der Waals surface area contributed by atoms with E-state index in [4.69, 9.17) is 4.74 Å². The monoisotopic (exact) mass is 413 g/mol. The number of amides is 1. The molecule has 8 nitrogen and oxygen atoms in total. The van der Waals surface area contributed by atoms with Crippen LogP contribution in [0.2, 0.25) is 0 Å². The van der Waals surface area contributed by atoms with Crippen molar-refractivity contribution in [3.63, 3.8) is 0 Å². The van der Waals surface area contributed by atoms with Crippen molar-refractivity contribution in [2.45, 2.75) is 25.5 Å². The highest BCUT2D eigenvalue weighted by Gasteiger charge is 2.17. The summed E-state index contributed by atoms with van der Waals surface area (Å²) < 4.78 is 8.87. The fourth-order valence-corrected chi connectivity index (χ4v) is 3.62. The van der Waals surface area contributed by atoms with Crippen LogP contribution in [0.25, 0.3) is 11.4 Å². The molecule has 0 fully saturated rings. The first-order chi connectivity index (χ1) is 14.0. The maximum atomic E-state index is 12.4. The molecular formula is C20H23N5O3S. The number of rotatable bonds is 8. The van der Waals surface area contributed by atoms with Gasteiger partial charge < -0.3 is 19.2 Å². The van der Waals surface area contributed by atoms with Gasteiger partial charge in [0.1, 0.15) is 5.75 Å². The van der Waals surface area contributed by atoms with Crippen molar-refractivity contribution in [1.82, 2.24) is 19.3 Å². The highest BCUT2D eigenvalue weighted by Crippen LogP contribution is 2.25. The Hall–Kier alpha value is -3.07. The fraction of sp³-hybridized carbons (Fsp3) is 0.300. The Labute approximate surface area is 172 Å². The van der Waals surface area contributed by atoms with Gasteiger partial charge >= 0.3 is 0 Å². The van der Waals surface area contributed by atoms with Gasteiger partial charge in [0.05, 0.1) is 23.6 Å². The van der Waals surface area contributed by atoms with E-state index in [0.29, 0.717) is 41.1 Å². The number of nitrogens with one attached hydrogen (secondary N) is 1. The summed E-state index contributed by atoms with van der Waals surface area (Å²) in [5.74, 6) is 1.11. The molecule has 0 saturated heterocycles. The quantitative estimate of drug-likeness (QED) is 0.571. The molecule has 0 unspecified atom stereocenters. The number of anilines is 1. The van der Waals surface area contributed by atoms with Gasteiger partial charge in [0.15, 0.2) is 11.0 Å². The first kappa shape index (κ1) is 20.7. The lowest BCUT2D eigenvalue weighted by Gasteiger charge is -2.11. The Morgan fingerprint density at radius 3 is 2.72 bits per heavy atom. The smallest absolute Gasteiger partial charge is 0.261 e. The highest BCUT2D eigenvalue weighted by atomic mass is 32.2. The zero-order chi connectivity index (χ0) is 20.8. The van der Waals surface area contributed by atoms with Crippen molar-refractivity contribution in [1.29, 1.82) is 0 Å². The van der Waals surface area contributed by atoms with Crippen molar-refractivity contribution < 1.29 is 9.53 Å². The second kappa shape index (κ2) is 9.42. The minimum atomic E-state index is -0.176. The van der Waals surface area contributed by atoms with Gasteiger partial charge in [-0.15, -0.1) is 10.2 Å². The molecule has 0 aliphatic carbocycles. The van der Waals surface area contributed by atoms with Crippen LogP contribution < -0.4 is 15.6 Å². The number of thioether (sulfide) groups is 1. The van der Waals surface area contributed by atoms with E-state index in [-0.39, 0.29) is 17.2 Å². The molecule has 0 radical (unpaired) electrons. The average molecular weight is 414 g/mol. The molecule has 1 N–H and O–H groups in total. The van der Waals surface area contributed by atoms with E-state index in [1.54, 1.807) is 31.4 Å². The lowest BCUT2D eigenvalue weighted by molar-refractivity contribution is -0.113. The van der Waals surface area contributed by atoms with E-state index >= 15 is 0 Å². The lowest BCUT2D eigenvalue weighted by Crippen LogP contribution is -2.19. The Balaban J connectivity index is 1.73. The average Bonchev–Trinajstić information content (AvgIpc) is 3.13. The molecule has 9 heteroatoms. The normalized spacial score (nSPS) is 10.7. The molecule has 29 heavy (non-hydrogen) atoms. The van der Waals surface area contributed by atoms with Crippen LogP contribution in [0.1, 0.15) is 13.8 Å². The molecule has 2 aromatic heterocycles. The third kappa shape index (κ3) is 4.68. The Bertz CT molecular complexity index is 1060.